The van der Waals surface area contributed by atoms with E-state index in [0.29, 0.717) is 6.54 Å². The molecule has 0 radical (unpaired) electrons. The van der Waals surface area contributed by atoms with Crippen LogP contribution in [0.15, 0.2) is 42.5 Å². The lowest BCUT2D eigenvalue weighted by molar-refractivity contribution is -0.122. The van der Waals surface area contributed by atoms with Crippen molar-refractivity contribution < 1.29 is 14.3 Å². The number of hydrogen-bond donors (Lipinski definition) is 1. The van der Waals surface area contributed by atoms with Gasteiger partial charge in [0.05, 0.1) is 18.1 Å². The normalized spacial score (nSPS) is 25.2. The van der Waals surface area contributed by atoms with Crippen molar-refractivity contribution in [2.75, 3.05) is 34.8 Å². The van der Waals surface area contributed by atoms with Gasteiger partial charge in [-0.15, -0.1) is 0 Å². The Labute approximate surface area is 189 Å². The monoisotopic (exact) mass is 433 g/mol. The van der Waals surface area contributed by atoms with Gasteiger partial charge in [-0.25, -0.2) is 0 Å². The van der Waals surface area contributed by atoms with Crippen LogP contribution in [-0.2, 0) is 27.2 Å². The molecule has 3 atom stereocenters. The van der Waals surface area contributed by atoms with Gasteiger partial charge in [0.15, 0.2) is 0 Å². The molecule has 2 aromatic carbocycles. The molecule has 168 valence electrons. The summed E-state index contributed by atoms with van der Waals surface area (Å²) in [6.07, 6.45) is 4.04. The first kappa shape index (κ1) is 21.0. The number of aryl methyl sites for hydroxylation is 2. The average Bonchev–Trinajstić information content (AvgIpc) is 3.39. The van der Waals surface area contributed by atoms with E-state index in [0.717, 1.165) is 43.0 Å². The van der Waals surface area contributed by atoms with Gasteiger partial charge in [-0.2, -0.15) is 0 Å². The van der Waals surface area contributed by atoms with Crippen LogP contribution in [0, 0.1) is 5.92 Å². The number of nitrogens with zero attached hydrogens (tertiary/aromatic N) is 2. The van der Waals surface area contributed by atoms with Gasteiger partial charge in [0.2, 0.25) is 11.8 Å². The van der Waals surface area contributed by atoms with Crippen molar-refractivity contribution in [3.8, 4) is 0 Å². The van der Waals surface area contributed by atoms with Crippen LogP contribution in [0.2, 0.25) is 0 Å². The van der Waals surface area contributed by atoms with Crippen LogP contribution in [0.5, 0.6) is 0 Å². The molecule has 2 amide bonds. The first-order chi connectivity index (χ1) is 15.5. The van der Waals surface area contributed by atoms with E-state index in [1.807, 2.05) is 30.3 Å². The highest BCUT2D eigenvalue weighted by molar-refractivity contribution is 6.03. The molecule has 6 nitrogen and oxygen atoms in total. The van der Waals surface area contributed by atoms with Crippen molar-refractivity contribution >= 4 is 28.9 Å². The van der Waals surface area contributed by atoms with Gasteiger partial charge in [-0.3, -0.25) is 9.59 Å². The van der Waals surface area contributed by atoms with Crippen molar-refractivity contribution in [3.63, 3.8) is 0 Å². The zero-order chi connectivity index (χ0) is 22.2. The summed E-state index contributed by atoms with van der Waals surface area (Å²) in [6, 6.07) is 14.2. The van der Waals surface area contributed by atoms with Gasteiger partial charge in [-0.05, 0) is 80.6 Å². The molecule has 2 aromatic rings. The predicted octanol–water partition coefficient (Wildman–Crippen LogP) is 3.78. The lowest BCUT2D eigenvalue weighted by Crippen LogP contribution is -2.45. The Hall–Kier alpha value is -2.86. The van der Waals surface area contributed by atoms with Gasteiger partial charge in [-0.1, -0.05) is 6.07 Å². The number of carbonyl (C=O) groups excluding carboxylic acids is 2. The number of morpholine rings is 1. The fourth-order valence-electron chi connectivity index (χ4n) is 5.25. The number of anilines is 3. The second-order valence-corrected chi connectivity index (χ2v) is 9.41. The van der Waals surface area contributed by atoms with Crippen LogP contribution in [0.4, 0.5) is 17.1 Å². The van der Waals surface area contributed by atoms with Crippen LogP contribution in [0.1, 0.15) is 37.8 Å². The molecule has 3 unspecified atom stereocenters. The topological polar surface area (TPSA) is 61.9 Å². The van der Waals surface area contributed by atoms with Crippen molar-refractivity contribution in [2.45, 2.75) is 51.7 Å². The van der Waals surface area contributed by atoms with E-state index in [1.54, 1.807) is 4.90 Å². The summed E-state index contributed by atoms with van der Waals surface area (Å²) in [4.78, 5) is 29.6. The minimum atomic E-state index is -0.337. The maximum atomic E-state index is 12.9. The van der Waals surface area contributed by atoms with E-state index in [4.69, 9.17) is 4.74 Å². The molecule has 0 bridgehead atoms. The van der Waals surface area contributed by atoms with Crippen LogP contribution < -0.4 is 15.1 Å². The Bertz CT molecular complexity index is 1010. The van der Waals surface area contributed by atoms with Gasteiger partial charge in [0.25, 0.3) is 0 Å². The van der Waals surface area contributed by atoms with E-state index < -0.39 is 0 Å². The Morgan fingerprint density at radius 3 is 2.38 bits per heavy atom. The molecule has 1 aliphatic carbocycles. The van der Waals surface area contributed by atoms with Crippen molar-refractivity contribution in [1.29, 1.82) is 0 Å². The maximum Gasteiger partial charge on any atom is 0.229 e. The fourth-order valence-corrected chi connectivity index (χ4v) is 5.25. The molecule has 0 aromatic heterocycles. The molecule has 5 rings (SSSR count). The highest BCUT2D eigenvalue weighted by Crippen LogP contribution is 2.31. The molecule has 2 fully saturated rings. The van der Waals surface area contributed by atoms with Crippen LogP contribution in [0.3, 0.4) is 0 Å². The standard InChI is InChI=1S/C26H31N3O3/c1-17-14-28(15-18(2)32-17)23-10-7-22(8-11-23)27-26(31)21-13-25(30)29(16-21)24-9-6-19-4-3-5-20(19)12-24/h6-12,17-18,21H,3-5,13-16H2,1-2H3,(H,27,31). The first-order valence-electron chi connectivity index (χ1n) is 11.7. The van der Waals surface area contributed by atoms with Gasteiger partial charge in [0, 0.05) is 43.1 Å². The number of benzene rings is 2. The van der Waals surface area contributed by atoms with E-state index in [-0.39, 0.29) is 36.4 Å². The quantitative estimate of drug-likeness (QED) is 0.797. The molecule has 2 saturated heterocycles. The van der Waals surface area contributed by atoms with E-state index in [1.165, 1.54) is 17.5 Å². The zero-order valence-electron chi connectivity index (χ0n) is 18.8. The number of rotatable bonds is 4. The molecule has 32 heavy (non-hydrogen) atoms. The smallest absolute Gasteiger partial charge is 0.229 e. The minimum Gasteiger partial charge on any atom is -0.372 e. The molecule has 2 heterocycles. The zero-order valence-corrected chi connectivity index (χ0v) is 18.8. The third-order valence-electron chi connectivity index (χ3n) is 6.81. The Morgan fingerprint density at radius 2 is 1.62 bits per heavy atom. The fraction of sp³-hybridized carbons (Fsp3) is 0.462. The molecular formula is C26H31N3O3. The molecule has 3 aliphatic rings. The number of amides is 2. The van der Waals surface area contributed by atoms with Crippen molar-refractivity contribution in [1.82, 2.24) is 0 Å². The average molecular weight is 434 g/mol. The number of ether oxygens (including phenoxy) is 1. The summed E-state index contributed by atoms with van der Waals surface area (Å²) in [6.45, 7) is 6.33. The van der Waals surface area contributed by atoms with Crippen LogP contribution in [-0.4, -0.2) is 43.7 Å². The number of hydrogen-bond acceptors (Lipinski definition) is 4. The lowest BCUT2D eigenvalue weighted by atomic mass is 10.1. The summed E-state index contributed by atoms with van der Waals surface area (Å²) >= 11 is 0. The first-order valence-corrected chi connectivity index (χ1v) is 11.7. The van der Waals surface area contributed by atoms with Gasteiger partial charge < -0.3 is 19.9 Å². The second-order valence-electron chi connectivity index (χ2n) is 9.41. The Kier molecular flexibility index (Phi) is 5.64. The maximum absolute atomic E-state index is 12.9. The summed E-state index contributed by atoms with van der Waals surface area (Å²) in [5.74, 6) is -0.409. The molecule has 6 heteroatoms. The van der Waals surface area contributed by atoms with E-state index in [9.17, 15) is 9.59 Å². The van der Waals surface area contributed by atoms with Crippen molar-refractivity contribution in [2.24, 2.45) is 5.92 Å². The number of carbonyl (C=O) groups is 2. The second kappa shape index (κ2) is 8.58. The molecule has 2 aliphatic heterocycles. The largest absolute Gasteiger partial charge is 0.372 e. The lowest BCUT2D eigenvalue weighted by Gasteiger charge is -2.36. The van der Waals surface area contributed by atoms with E-state index in [2.05, 4.69) is 36.2 Å². The molecule has 0 spiro atoms. The van der Waals surface area contributed by atoms with Gasteiger partial charge >= 0.3 is 0 Å². The summed E-state index contributed by atoms with van der Waals surface area (Å²) in [5, 5.41) is 3.00. The molecule has 1 N–H and O–H groups in total. The summed E-state index contributed by atoms with van der Waals surface area (Å²) in [5.41, 5.74) is 5.54. The SMILES string of the molecule is CC1CN(c2ccc(NC(=O)C3CC(=O)N(c4ccc5c(c4)CCC5)C3)cc2)CC(C)O1. The molecule has 0 saturated carbocycles. The highest BCUT2D eigenvalue weighted by atomic mass is 16.5. The van der Waals surface area contributed by atoms with Crippen LogP contribution in [0.25, 0.3) is 0 Å². The Balaban J connectivity index is 1.21. The number of nitrogens with one attached hydrogen (secondary N) is 1. The third kappa shape index (κ3) is 4.24. The van der Waals surface area contributed by atoms with Crippen molar-refractivity contribution in [3.05, 3.63) is 53.6 Å². The minimum absolute atomic E-state index is 0.0222. The predicted molar refractivity (Wildman–Crippen MR) is 126 cm³/mol. The third-order valence-corrected chi connectivity index (χ3v) is 6.81. The van der Waals surface area contributed by atoms with Gasteiger partial charge in [0.1, 0.15) is 0 Å². The highest BCUT2D eigenvalue weighted by Gasteiger charge is 2.35. The summed E-state index contributed by atoms with van der Waals surface area (Å²) < 4.78 is 5.81. The summed E-state index contributed by atoms with van der Waals surface area (Å²) in [7, 11) is 0. The van der Waals surface area contributed by atoms with Crippen LogP contribution >= 0.6 is 0 Å². The van der Waals surface area contributed by atoms with E-state index >= 15 is 0 Å². The Morgan fingerprint density at radius 1 is 0.938 bits per heavy atom. The number of fused-ring (bicyclic) bond motifs is 1. The molecular weight excluding hydrogens is 402 g/mol.